The largest absolute Gasteiger partial charge is 0.481 e. The highest BCUT2D eigenvalue weighted by Gasteiger charge is 2.14. The fourth-order valence-electron chi connectivity index (χ4n) is 2.67. The molecule has 4 rings (SSSR count). The van der Waals surface area contributed by atoms with Crippen molar-refractivity contribution in [1.82, 2.24) is 9.97 Å². The van der Waals surface area contributed by atoms with Crippen LogP contribution in [0.4, 0.5) is 10.1 Å². The number of carbonyl (C=O) groups excluding carboxylic acids is 1. The quantitative estimate of drug-likeness (QED) is 0.559. The molecule has 0 unspecified atom stereocenters. The van der Waals surface area contributed by atoms with E-state index in [1.807, 2.05) is 30.3 Å². The molecule has 0 saturated heterocycles. The van der Waals surface area contributed by atoms with Crippen molar-refractivity contribution in [2.75, 3.05) is 11.9 Å². The van der Waals surface area contributed by atoms with Gasteiger partial charge in [-0.15, -0.1) is 0 Å². The maximum atomic E-state index is 13.6. The summed E-state index contributed by atoms with van der Waals surface area (Å²) in [4.78, 5) is 21.0. The number of oxazole rings is 1. The SMILES string of the molecule is Cc1nc2oc(-c3ccccc3)nc2cc1NC(=O)COc1ccccc1F. The molecule has 7 heteroatoms. The van der Waals surface area contributed by atoms with Crippen LogP contribution in [0.1, 0.15) is 5.69 Å². The first-order chi connectivity index (χ1) is 13.6. The lowest BCUT2D eigenvalue weighted by Gasteiger charge is -2.09. The molecule has 1 amide bonds. The number of fused-ring (bicyclic) bond motifs is 1. The van der Waals surface area contributed by atoms with Gasteiger partial charge in [0, 0.05) is 5.56 Å². The molecule has 0 atom stereocenters. The van der Waals surface area contributed by atoms with E-state index in [2.05, 4.69) is 15.3 Å². The fourth-order valence-corrected chi connectivity index (χ4v) is 2.67. The Kier molecular flexibility index (Phi) is 4.72. The molecule has 2 heterocycles. The van der Waals surface area contributed by atoms with E-state index in [-0.39, 0.29) is 12.4 Å². The third-order valence-electron chi connectivity index (χ3n) is 4.06. The number of para-hydroxylation sites is 1. The van der Waals surface area contributed by atoms with Crippen LogP contribution in [0, 0.1) is 12.7 Å². The van der Waals surface area contributed by atoms with Crippen molar-refractivity contribution < 1.29 is 18.3 Å². The number of nitrogens with zero attached hydrogens (tertiary/aromatic N) is 2. The van der Waals surface area contributed by atoms with Gasteiger partial charge in [-0.2, -0.15) is 0 Å². The number of halogens is 1. The lowest BCUT2D eigenvalue weighted by Crippen LogP contribution is -2.21. The van der Waals surface area contributed by atoms with Gasteiger partial charge in [0.15, 0.2) is 18.2 Å². The van der Waals surface area contributed by atoms with Gasteiger partial charge in [-0.25, -0.2) is 14.4 Å². The number of aromatic nitrogens is 2. The molecule has 0 bridgehead atoms. The van der Waals surface area contributed by atoms with Crippen LogP contribution in [-0.4, -0.2) is 22.5 Å². The Balaban J connectivity index is 1.51. The lowest BCUT2D eigenvalue weighted by atomic mass is 10.2. The van der Waals surface area contributed by atoms with E-state index in [0.717, 1.165) is 5.56 Å². The molecule has 0 aliphatic rings. The Hall–Kier alpha value is -3.74. The number of nitrogens with one attached hydrogen (secondary N) is 1. The summed E-state index contributed by atoms with van der Waals surface area (Å²) in [5.74, 6) is -0.481. The molecular formula is C21H16FN3O3. The van der Waals surface area contributed by atoms with Crippen molar-refractivity contribution in [1.29, 1.82) is 0 Å². The molecule has 0 aliphatic heterocycles. The van der Waals surface area contributed by atoms with Crippen LogP contribution in [0.25, 0.3) is 22.7 Å². The van der Waals surface area contributed by atoms with Crippen molar-refractivity contribution in [3.05, 3.63) is 72.2 Å². The molecule has 2 aromatic heterocycles. The Morgan fingerprint density at radius 2 is 1.86 bits per heavy atom. The highest BCUT2D eigenvalue weighted by Crippen LogP contribution is 2.26. The zero-order valence-electron chi connectivity index (χ0n) is 15.0. The summed E-state index contributed by atoms with van der Waals surface area (Å²) in [6.45, 7) is 1.42. The number of anilines is 1. The molecule has 6 nitrogen and oxygen atoms in total. The number of aryl methyl sites for hydroxylation is 1. The summed E-state index contributed by atoms with van der Waals surface area (Å²) in [5.41, 5.74) is 2.80. The number of pyridine rings is 1. The maximum Gasteiger partial charge on any atom is 0.262 e. The second kappa shape index (κ2) is 7.48. The van der Waals surface area contributed by atoms with Gasteiger partial charge in [-0.1, -0.05) is 30.3 Å². The lowest BCUT2D eigenvalue weighted by molar-refractivity contribution is -0.118. The monoisotopic (exact) mass is 377 g/mol. The smallest absolute Gasteiger partial charge is 0.262 e. The third-order valence-corrected chi connectivity index (χ3v) is 4.06. The minimum atomic E-state index is -0.523. The van der Waals surface area contributed by atoms with Gasteiger partial charge in [0.2, 0.25) is 11.6 Å². The molecule has 1 N–H and O–H groups in total. The minimum absolute atomic E-state index is 0.0203. The topological polar surface area (TPSA) is 77.3 Å². The van der Waals surface area contributed by atoms with Crippen LogP contribution < -0.4 is 10.1 Å². The van der Waals surface area contributed by atoms with E-state index in [0.29, 0.717) is 28.5 Å². The molecule has 28 heavy (non-hydrogen) atoms. The summed E-state index contributed by atoms with van der Waals surface area (Å²) >= 11 is 0. The standard InChI is InChI=1S/C21H16FN3O3/c1-13-16(24-19(26)12-27-18-10-6-5-9-15(18)22)11-17-21(23-13)28-20(25-17)14-7-3-2-4-8-14/h2-11H,12H2,1H3,(H,24,26). The number of carbonyl (C=O) groups is 1. The van der Waals surface area contributed by atoms with E-state index in [1.54, 1.807) is 25.1 Å². The van der Waals surface area contributed by atoms with Gasteiger partial charge >= 0.3 is 0 Å². The number of rotatable bonds is 5. The number of hydrogen-bond acceptors (Lipinski definition) is 5. The van der Waals surface area contributed by atoms with Crippen molar-refractivity contribution in [2.24, 2.45) is 0 Å². The van der Waals surface area contributed by atoms with E-state index >= 15 is 0 Å². The Morgan fingerprint density at radius 1 is 1.11 bits per heavy atom. The van der Waals surface area contributed by atoms with Gasteiger partial charge in [-0.3, -0.25) is 4.79 Å². The third kappa shape index (κ3) is 3.68. The van der Waals surface area contributed by atoms with Gasteiger partial charge in [-0.05, 0) is 37.3 Å². The molecule has 4 aromatic rings. The average Bonchev–Trinajstić information content (AvgIpc) is 3.11. The van der Waals surface area contributed by atoms with E-state index in [9.17, 15) is 9.18 Å². The van der Waals surface area contributed by atoms with Crippen LogP contribution in [-0.2, 0) is 4.79 Å². The molecule has 0 radical (unpaired) electrons. The number of benzene rings is 2. The van der Waals surface area contributed by atoms with Crippen LogP contribution in [0.5, 0.6) is 5.75 Å². The molecule has 0 fully saturated rings. The van der Waals surface area contributed by atoms with Gasteiger partial charge in [0.25, 0.3) is 5.91 Å². The molecule has 0 saturated carbocycles. The van der Waals surface area contributed by atoms with Gasteiger partial charge in [0.05, 0.1) is 11.4 Å². The Labute approximate surface area is 160 Å². The van der Waals surface area contributed by atoms with Crippen LogP contribution >= 0.6 is 0 Å². The van der Waals surface area contributed by atoms with Crippen LogP contribution in [0.3, 0.4) is 0 Å². The number of amides is 1. The molecular weight excluding hydrogens is 361 g/mol. The van der Waals surface area contributed by atoms with Crippen molar-refractivity contribution in [3.8, 4) is 17.2 Å². The predicted octanol–water partition coefficient (Wildman–Crippen LogP) is 4.35. The number of hydrogen-bond donors (Lipinski definition) is 1. The van der Waals surface area contributed by atoms with Crippen LogP contribution in [0.2, 0.25) is 0 Å². The summed E-state index contributed by atoms with van der Waals surface area (Å²) in [7, 11) is 0. The summed E-state index contributed by atoms with van der Waals surface area (Å²) in [6.07, 6.45) is 0. The van der Waals surface area contributed by atoms with E-state index in [1.165, 1.54) is 12.1 Å². The zero-order chi connectivity index (χ0) is 19.5. The summed E-state index contributed by atoms with van der Waals surface area (Å²) in [6, 6.07) is 17.1. The molecule has 140 valence electrons. The van der Waals surface area contributed by atoms with Gasteiger partial charge in [0.1, 0.15) is 5.52 Å². The highest BCUT2D eigenvalue weighted by molar-refractivity contribution is 5.94. The van der Waals surface area contributed by atoms with E-state index in [4.69, 9.17) is 9.15 Å². The first kappa shape index (κ1) is 17.7. The Bertz CT molecular complexity index is 1140. The van der Waals surface area contributed by atoms with Crippen LogP contribution in [0.15, 0.2) is 65.1 Å². The second-order valence-electron chi connectivity index (χ2n) is 6.10. The van der Waals surface area contributed by atoms with Crippen molar-refractivity contribution >= 4 is 22.8 Å². The number of ether oxygens (including phenoxy) is 1. The average molecular weight is 377 g/mol. The normalized spacial score (nSPS) is 10.8. The minimum Gasteiger partial charge on any atom is -0.481 e. The first-order valence-corrected chi connectivity index (χ1v) is 8.61. The molecule has 0 spiro atoms. The predicted molar refractivity (Wildman–Crippen MR) is 103 cm³/mol. The van der Waals surface area contributed by atoms with Crippen molar-refractivity contribution in [2.45, 2.75) is 6.92 Å². The summed E-state index contributed by atoms with van der Waals surface area (Å²) < 4.78 is 24.5. The Morgan fingerprint density at radius 3 is 2.64 bits per heavy atom. The molecule has 0 aliphatic carbocycles. The highest BCUT2D eigenvalue weighted by atomic mass is 19.1. The zero-order valence-corrected chi connectivity index (χ0v) is 15.0. The fraction of sp³-hybridized carbons (Fsp3) is 0.0952. The maximum absolute atomic E-state index is 13.6. The summed E-state index contributed by atoms with van der Waals surface area (Å²) in [5, 5.41) is 2.71. The first-order valence-electron chi connectivity index (χ1n) is 8.61. The van der Waals surface area contributed by atoms with Crippen molar-refractivity contribution in [3.63, 3.8) is 0 Å². The second-order valence-corrected chi connectivity index (χ2v) is 6.10. The molecule has 2 aromatic carbocycles. The van der Waals surface area contributed by atoms with Gasteiger partial charge < -0.3 is 14.5 Å². The van der Waals surface area contributed by atoms with E-state index < -0.39 is 11.7 Å².